The number of nitrogens with zero attached hydrogens (tertiary/aromatic N) is 1. The molecule has 0 aliphatic heterocycles. The fourth-order valence-corrected chi connectivity index (χ4v) is 1.66. The number of benzene rings is 1. The summed E-state index contributed by atoms with van der Waals surface area (Å²) in [6.07, 6.45) is 0.890. The second kappa shape index (κ2) is 5.37. The van der Waals surface area contributed by atoms with Crippen LogP contribution in [0.25, 0.3) is 11.0 Å². The van der Waals surface area contributed by atoms with Crippen molar-refractivity contribution in [3.63, 3.8) is 0 Å². The van der Waals surface area contributed by atoms with E-state index in [0.29, 0.717) is 17.9 Å². The fourth-order valence-electron chi connectivity index (χ4n) is 1.66. The molecule has 1 aromatic heterocycles. The van der Waals surface area contributed by atoms with E-state index in [0.717, 1.165) is 18.4 Å². The summed E-state index contributed by atoms with van der Waals surface area (Å²) < 4.78 is 11.0. The van der Waals surface area contributed by atoms with Crippen LogP contribution in [-0.2, 0) is 0 Å². The minimum Gasteiger partial charge on any atom is -0.488 e. The van der Waals surface area contributed by atoms with Crippen LogP contribution >= 0.6 is 0 Å². The molecule has 88 valence electrons. The Bertz CT molecular complexity index is 540. The highest BCUT2D eigenvalue weighted by atomic mass is 16.5. The average molecular weight is 230 g/mol. The van der Waals surface area contributed by atoms with E-state index < -0.39 is 0 Å². The maximum absolute atomic E-state index is 8.99. The molecule has 0 radical (unpaired) electrons. The van der Waals surface area contributed by atoms with E-state index in [1.54, 1.807) is 0 Å². The van der Waals surface area contributed by atoms with Crippen LogP contribution in [0.5, 0.6) is 5.75 Å². The molecule has 0 saturated heterocycles. The number of hydrogen-bond donors (Lipinski definition) is 1. The van der Waals surface area contributed by atoms with Crippen LogP contribution in [0, 0.1) is 11.3 Å². The van der Waals surface area contributed by atoms with Gasteiger partial charge in [0.05, 0.1) is 12.0 Å². The van der Waals surface area contributed by atoms with Crippen molar-refractivity contribution in [1.29, 1.82) is 5.26 Å². The highest BCUT2D eigenvalue weighted by Gasteiger charge is 2.14. The molecule has 0 amide bonds. The third-order valence-corrected chi connectivity index (χ3v) is 2.47. The Labute approximate surface area is 99.8 Å². The number of fused-ring (bicyclic) bond motifs is 1. The van der Waals surface area contributed by atoms with Gasteiger partial charge >= 0.3 is 0 Å². The van der Waals surface area contributed by atoms with E-state index in [2.05, 4.69) is 5.32 Å². The standard InChI is InChI=1S/C13H14N2O2/c1-15-7-4-8-16-13-10-5-2-3-6-11(10)17-12(13)9-14/h2-3,5-6,15H,4,7-8H2,1H3. The summed E-state index contributed by atoms with van der Waals surface area (Å²) in [5.74, 6) is 0.801. The molecule has 0 aliphatic carbocycles. The Balaban J connectivity index is 2.22. The second-order valence-electron chi connectivity index (χ2n) is 3.67. The molecule has 0 bridgehead atoms. The maximum atomic E-state index is 8.99. The third-order valence-electron chi connectivity index (χ3n) is 2.47. The predicted molar refractivity (Wildman–Crippen MR) is 65.0 cm³/mol. The van der Waals surface area contributed by atoms with Crippen LogP contribution in [0.1, 0.15) is 12.2 Å². The minimum atomic E-state index is 0.246. The molecule has 4 heteroatoms. The van der Waals surface area contributed by atoms with Gasteiger partial charge in [0.25, 0.3) is 0 Å². The van der Waals surface area contributed by atoms with Crippen LogP contribution in [0.4, 0.5) is 0 Å². The van der Waals surface area contributed by atoms with E-state index in [-0.39, 0.29) is 5.76 Å². The maximum Gasteiger partial charge on any atom is 0.246 e. The SMILES string of the molecule is CNCCCOc1c(C#N)oc2ccccc12. The summed E-state index contributed by atoms with van der Waals surface area (Å²) >= 11 is 0. The van der Waals surface area contributed by atoms with Crippen LogP contribution in [0.2, 0.25) is 0 Å². The number of para-hydroxylation sites is 1. The highest BCUT2D eigenvalue weighted by Crippen LogP contribution is 2.32. The van der Waals surface area contributed by atoms with Gasteiger partial charge in [0.15, 0.2) is 5.75 Å². The number of furan rings is 1. The van der Waals surface area contributed by atoms with Crippen molar-refractivity contribution in [2.75, 3.05) is 20.2 Å². The molecular formula is C13H14N2O2. The average Bonchev–Trinajstić information content (AvgIpc) is 2.73. The largest absolute Gasteiger partial charge is 0.488 e. The molecule has 0 saturated carbocycles. The molecule has 1 N–H and O–H groups in total. The molecule has 0 fully saturated rings. The third kappa shape index (κ3) is 2.40. The quantitative estimate of drug-likeness (QED) is 0.801. The normalized spacial score (nSPS) is 10.4. The Morgan fingerprint density at radius 3 is 3.00 bits per heavy atom. The van der Waals surface area contributed by atoms with Crippen molar-refractivity contribution >= 4 is 11.0 Å². The first kappa shape index (κ1) is 11.5. The summed E-state index contributed by atoms with van der Waals surface area (Å²) in [6, 6.07) is 9.52. The Morgan fingerprint density at radius 1 is 1.41 bits per heavy atom. The zero-order valence-corrected chi connectivity index (χ0v) is 9.69. The summed E-state index contributed by atoms with van der Waals surface area (Å²) in [6.45, 7) is 1.46. The molecule has 0 spiro atoms. The summed E-state index contributed by atoms with van der Waals surface area (Å²) in [7, 11) is 1.90. The van der Waals surface area contributed by atoms with Gasteiger partial charge in [0, 0.05) is 0 Å². The summed E-state index contributed by atoms with van der Waals surface area (Å²) in [4.78, 5) is 0. The van der Waals surface area contributed by atoms with Gasteiger partial charge in [-0.15, -0.1) is 0 Å². The van der Waals surface area contributed by atoms with Gasteiger partial charge in [-0.05, 0) is 32.1 Å². The molecule has 0 aliphatic rings. The van der Waals surface area contributed by atoms with Crippen molar-refractivity contribution in [2.24, 2.45) is 0 Å². The first-order chi connectivity index (χ1) is 8.36. The predicted octanol–water partition coefficient (Wildman–Crippen LogP) is 2.29. The van der Waals surface area contributed by atoms with E-state index in [9.17, 15) is 0 Å². The molecule has 1 aromatic carbocycles. The molecule has 2 rings (SSSR count). The number of hydrogen-bond acceptors (Lipinski definition) is 4. The zero-order valence-electron chi connectivity index (χ0n) is 9.69. The molecule has 2 aromatic rings. The smallest absolute Gasteiger partial charge is 0.246 e. The van der Waals surface area contributed by atoms with E-state index in [4.69, 9.17) is 14.4 Å². The van der Waals surface area contributed by atoms with Crippen molar-refractivity contribution < 1.29 is 9.15 Å². The first-order valence-corrected chi connectivity index (χ1v) is 5.56. The highest BCUT2D eigenvalue weighted by molar-refractivity contribution is 5.86. The van der Waals surface area contributed by atoms with Crippen LogP contribution in [0.15, 0.2) is 28.7 Å². The second-order valence-corrected chi connectivity index (χ2v) is 3.67. The molecule has 4 nitrogen and oxygen atoms in total. The Kier molecular flexibility index (Phi) is 3.63. The number of nitrogens with one attached hydrogen (secondary N) is 1. The lowest BCUT2D eigenvalue weighted by Crippen LogP contribution is -2.11. The van der Waals surface area contributed by atoms with Gasteiger partial charge in [0.1, 0.15) is 11.7 Å². The van der Waals surface area contributed by atoms with Gasteiger partial charge in [-0.3, -0.25) is 0 Å². The van der Waals surface area contributed by atoms with Crippen LogP contribution in [0.3, 0.4) is 0 Å². The fraction of sp³-hybridized carbons (Fsp3) is 0.308. The summed E-state index contributed by atoms with van der Waals surface area (Å²) in [5.41, 5.74) is 0.688. The number of rotatable bonds is 5. The minimum absolute atomic E-state index is 0.246. The monoisotopic (exact) mass is 230 g/mol. The Hall–Kier alpha value is -1.99. The van der Waals surface area contributed by atoms with E-state index in [1.807, 2.05) is 37.4 Å². The van der Waals surface area contributed by atoms with Crippen molar-refractivity contribution in [3.8, 4) is 11.8 Å². The first-order valence-electron chi connectivity index (χ1n) is 5.56. The van der Waals surface area contributed by atoms with Gasteiger partial charge in [-0.2, -0.15) is 5.26 Å². The lowest BCUT2D eigenvalue weighted by atomic mass is 10.2. The Morgan fingerprint density at radius 2 is 2.24 bits per heavy atom. The molecule has 0 atom stereocenters. The number of nitriles is 1. The van der Waals surface area contributed by atoms with Crippen molar-refractivity contribution in [2.45, 2.75) is 6.42 Å². The van der Waals surface area contributed by atoms with Gasteiger partial charge in [-0.25, -0.2) is 0 Å². The van der Waals surface area contributed by atoms with Gasteiger partial charge in [-0.1, -0.05) is 12.1 Å². The molecular weight excluding hydrogens is 216 g/mol. The molecule has 17 heavy (non-hydrogen) atoms. The van der Waals surface area contributed by atoms with Crippen LogP contribution < -0.4 is 10.1 Å². The van der Waals surface area contributed by atoms with Gasteiger partial charge < -0.3 is 14.5 Å². The topological polar surface area (TPSA) is 58.2 Å². The van der Waals surface area contributed by atoms with Crippen molar-refractivity contribution in [1.82, 2.24) is 5.32 Å². The molecule has 1 heterocycles. The molecule has 0 unspecified atom stereocenters. The lowest BCUT2D eigenvalue weighted by molar-refractivity contribution is 0.307. The van der Waals surface area contributed by atoms with Crippen molar-refractivity contribution in [3.05, 3.63) is 30.0 Å². The summed E-state index contributed by atoms with van der Waals surface area (Å²) in [5, 5.41) is 12.9. The van der Waals surface area contributed by atoms with E-state index in [1.165, 1.54) is 0 Å². The van der Waals surface area contributed by atoms with Crippen LogP contribution in [-0.4, -0.2) is 20.2 Å². The van der Waals surface area contributed by atoms with Gasteiger partial charge in [0.2, 0.25) is 5.76 Å². The van der Waals surface area contributed by atoms with E-state index >= 15 is 0 Å². The zero-order chi connectivity index (χ0) is 12.1. The lowest BCUT2D eigenvalue weighted by Gasteiger charge is -2.03. The number of ether oxygens (including phenoxy) is 1.